The van der Waals surface area contributed by atoms with Gasteiger partial charge in [0.2, 0.25) is 0 Å². The molecule has 0 aliphatic carbocycles. The molecular formula is C16H15NO2. The summed E-state index contributed by atoms with van der Waals surface area (Å²) in [5, 5.41) is 3.36. The SMILES string of the molecule is CC(=O)c1ccc2c(c1)Nc1cc(C)ccc1OC2. The van der Waals surface area contributed by atoms with Crippen LogP contribution in [-0.4, -0.2) is 5.78 Å². The van der Waals surface area contributed by atoms with E-state index in [1.807, 2.05) is 43.3 Å². The molecule has 96 valence electrons. The van der Waals surface area contributed by atoms with Crippen molar-refractivity contribution in [1.29, 1.82) is 0 Å². The van der Waals surface area contributed by atoms with Crippen molar-refractivity contribution in [2.24, 2.45) is 0 Å². The maximum atomic E-state index is 11.5. The first kappa shape index (κ1) is 11.8. The Morgan fingerprint density at radius 2 is 2.00 bits per heavy atom. The van der Waals surface area contributed by atoms with Crippen molar-refractivity contribution in [2.45, 2.75) is 20.5 Å². The average molecular weight is 253 g/mol. The third-order valence-corrected chi connectivity index (χ3v) is 3.30. The number of hydrogen-bond donors (Lipinski definition) is 1. The molecule has 0 spiro atoms. The van der Waals surface area contributed by atoms with Crippen LogP contribution in [0, 0.1) is 6.92 Å². The second kappa shape index (κ2) is 4.43. The fourth-order valence-corrected chi connectivity index (χ4v) is 2.21. The molecule has 0 aromatic heterocycles. The number of aryl methyl sites for hydroxylation is 1. The third kappa shape index (κ3) is 2.19. The molecule has 2 aromatic carbocycles. The molecule has 3 heteroatoms. The Kier molecular flexibility index (Phi) is 2.75. The lowest BCUT2D eigenvalue weighted by atomic mass is 10.1. The topological polar surface area (TPSA) is 38.3 Å². The highest BCUT2D eigenvalue weighted by Crippen LogP contribution is 2.34. The number of ketones is 1. The van der Waals surface area contributed by atoms with Gasteiger partial charge < -0.3 is 10.1 Å². The minimum atomic E-state index is 0.0687. The summed E-state index contributed by atoms with van der Waals surface area (Å²) >= 11 is 0. The average Bonchev–Trinajstić information content (AvgIpc) is 2.56. The van der Waals surface area contributed by atoms with Gasteiger partial charge in [0.25, 0.3) is 0 Å². The number of carbonyl (C=O) groups is 1. The van der Waals surface area contributed by atoms with E-state index in [1.165, 1.54) is 5.56 Å². The van der Waals surface area contributed by atoms with Crippen molar-refractivity contribution in [3.63, 3.8) is 0 Å². The molecule has 0 radical (unpaired) electrons. The molecule has 0 atom stereocenters. The van der Waals surface area contributed by atoms with Crippen molar-refractivity contribution in [3.05, 3.63) is 53.1 Å². The molecule has 19 heavy (non-hydrogen) atoms. The van der Waals surface area contributed by atoms with Gasteiger partial charge in [-0.3, -0.25) is 4.79 Å². The summed E-state index contributed by atoms with van der Waals surface area (Å²) in [6.07, 6.45) is 0. The number of rotatable bonds is 1. The second-order valence-corrected chi connectivity index (χ2v) is 4.84. The molecule has 3 rings (SSSR count). The summed E-state index contributed by atoms with van der Waals surface area (Å²) in [5.74, 6) is 0.908. The van der Waals surface area contributed by atoms with Crippen LogP contribution in [0.1, 0.15) is 28.4 Å². The summed E-state index contributed by atoms with van der Waals surface area (Å²) in [4.78, 5) is 11.5. The lowest BCUT2D eigenvalue weighted by Gasteiger charge is -2.09. The van der Waals surface area contributed by atoms with Crippen molar-refractivity contribution >= 4 is 17.2 Å². The molecule has 0 fully saturated rings. The van der Waals surface area contributed by atoms with Crippen LogP contribution < -0.4 is 10.1 Å². The van der Waals surface area contributed by atoms with Gasteiger partial charge in [0.05, 0.1) is 5.69 Å². The Bertz CT molecular complexity index is 662. The maximum absolute atomic E-state index is 11.5. The molecule has 0 amide bonds. The summed E-state index contributed by atoms with van der Waals surface area (Å²) in [6.45, 7) is 4.13. The predicted octanol–water partition coefficient (Wildman–Crippen LogP) is 3.83. The minimum absolute atomic E-state index is 0.0687. The number of benzene rings is 2. The molecule has 1 N–H and O–H groups in total. The van der Waals surface area contributed by atoms with Crippen LogP contribution >= 0.6 is 0 Å². The van der Waals surface area contributed by atoms with Crippen molar-refractivity contribution in [2.75, 3.05) is 5.32 Å². The molecule has 0 bridgehead atoms. The predicted molar refractivity (Wildman–Crippen MR) is 75.2 cm³/mol. The van der Waals surface area contributed by atoms with Gasteiger partial charge in [-0.15, -0.1) is 0 Å². The van der Waals surface area contributed by atoms with Crippen molar-refractivity contribution in [1.82, 2.24) is 0 Å². The Morgan fingerprint density at radius 1 is 1.16 bits per heavy atom. The standard InChI is InChI=1S/C16H15NO2/c1-10-3-6-16-15(7-10)17-14-8-12(11(2)18)4-5-13(14)9-19-16/h3-8,17H,9H2,1-2H3. The Morgan fingerprint density at radius 3 is 2.79 bits per heavy atom. The molecule has 3 nitrogen and oxygen atoms in total. The number of ether oxygens (including phenoxy) is 1. The molecular weight excluding hydrogens is 238 g/mol. The zero-order valence-electron chi connectivity index (χ0n) is 11.0. The fourth-order valence-electron chi connectivity index (χ4n) is 2.21. The first-order chi connectivity index (χ1) is 9.13. The minimum Gasteiger partial charge on any atom is -0.487 e. The van der Waals surface area contributed by atoms with Crippen molar-refractivity contribution < 1.29 is 9.53 Å². The zero-order chi connectivity index (χ0) is 13.4. The van der Waals surface area contributed by atoms with E-state index in [0.29, 0.717) is 12.2 Å². The summed E-state index contributed by atoms with van der Waals surface area (Å²) in [6, 6.07) is 11.7. The van der Waals surface area contributed by atoms with Crippen LogP contribution in [0.5, 0.6) is 5.75 Å². The van der Waals surface area contributed by atoms with Gasteiger partial charge in [-0.2, -0.15) is 0 Å². The molecule has 0 unspecified atom stereocenters. The largest absolute Gasteiger partial charge is 0.487 e. The Labute approximate surface area is 112 Å². The van der Waals surface area contributed by atoms with Crippen LogP contribution in [0.15, 0.2) is 36.4 Å². The monoisotopic (exact) mass is 253 g/mol. The van der Waals surface area contributed by atoms with Crippen LogP contribution in [-0.2, 0) is 6.61 Å². The van der Waals surface area contributed by atoms with E-state index in [-0.39, 0.29) is 5.78 Å². The Balaban J connectivity index is 2.07. The van der Waals surface area contributed by atoms with E-state index in [2.05, 4.69) is 5.32 Å². The summed E-state index contributed by atoms with van der Waals surface area (Å²) in [7, 11) is 0. The van der Waals surface area contributed by atoms with E-state index in [0.717, 1.165) is 22.7 Å². The molecule has 1 aliphatic rings. The maximum Gasteiger partial charge on any atom is 0.159 e. The normalized spacial score (nSPS) is 12.5. The highest BCUT2D eigenvalue weighted by molar-refractivity contribution is 5.95. The highest BCUT2D eigenvalue weighted by Gasteiger charge is 2.14. The fraction of sp³-hybridized carbons (Fsp3) is 0.188. The van der Waals surface area contributed by atoms with Gasteiger partial charge >= 0.3 is 0 Å². The molecule has 1 heterocycles. The first-order valence-corrected chi connectivity index (χ1v) is 6.28. The number of hydrogen-bond acceptors (Lipinski definition) is 3. The first-order valence-electron chi connectivity index (χ1n) is 6.28. The summed E-state index contributed by atoms with van der Waals surface area (Å²) < 4.78 is 5.78. The van der Waals surface area contributed by atoms with Gasteiger partial charge in [-0.1, -0.05) is 18.2 Å². The zero-order valence-corrected chi connectivity index (χ0v) is 11.0. The summed E-state index contributed by atoms with van der Waals surface area (Å²) in [5.41, 5.74) is 4.82. The van der Waals surface area contributed by atoms with Crippen LogP contribution in [0.2, 0.25) is 0 Å². The number of carbonyl (C=O) groups excluding carboxylic acids is 1. The van der Waals surface area contributed by atoms with Gasteiger partial charge in [0.1, 0.15) is 12.4 Å². The number of Topliss-reactive ketones (excluding diaryl/α,β-unsaturated/α-hetero) is 1. The van der Waals surface area contributed by atoms with Crippen LogP contribution in [0.3, 0.4) is 0 Å². The lowest BCUT2D eigenvalue weighted by molar-refractivity contribution is 0.101. The lowest BCUT2D eigenvalue weighted by Crippen LogP contribution is -1.98. The number of nitrogens with one attached hydrogen (secondary N) is 1. The van der Waals surface area contributed by atoms with E-state index in [4.69, 9.17) is 4.74 Å². The smallest absolute Gasteiger partial charge is 0.159 e. The molecule has 0 saturated heterocycles. The molecule has 1 aliphatic heterocycles. The van der Waals surface area contributed by atoms with Gasteiger partial charge in [-0.05, 0) is 37.6 Å². The van der Waals surface area contributed by atoms with Gasteiger partial charge in [-0.25, -0.2) is 0 Å². The third-order valence-electron chi connectivity index (χ3n) is 3.30. The van der Waals surface area contributed by atoms with E-state index >= 15 is 0 Å². The number of fused-ring (bicyclic) bond motifs is 2. The Hall–Kier alpha value is -2.29. The molecule has 0 saturated carbocycles. The van der Waals surface area contributed by atoms with Gasteiger partial charge in [0.15, 0.2) is 5.78 Å². The van der Waals surface area contributed by atoms with Crippen LogP contribution in [0.4, 0.5) is 11.4 Å². The van der Waals surface area contributed by atoms with E-state index < -0.39 is 0 Å². The van der Waals surface area contributed by atoms with Crippen LogP contribution in [0.25, 0.3) is 0 Å². The highest BCUT2D eigenvalue weighted by atomic mass is 16.5. The van der Waals surface area contributed by atoms with Gasteiger partial charge in [0, 0.05) is 16.8 Å². The quantitative estimate of drug-likeness (QED) is 0.785. The van der Waals surface area contributed by atoms with Crippen molar-refractivity contribution in [3.8, 4) is 5.75 Å². The number of anilines is 2. The van der Waals surface area contributed by atoms with E-state index in [1.54, 1.807) is 6.92 Å². The van der Waals surface area contributed by atoms with E-state index in [9.17, 15) is 4.79 Å². The molecule has 2 aromatic rings. The second-order valence-electron chi connectivity index (χ2n) is 4.84.